The topological polar surface area (TPSA) is 61.6 Å². The molecule has 1 aliphatic rings. The monoisotopic (exact) mass is 284 g/mol. The van der Waals surface area contributed by atoms with Gasteiger partial charge in [0.1, 0.15) is 0 Å². The van der Waals surface area contributed by atoms with Crippen LogP contribution >= 0.6 is 0 Å². The molecular weight excluding hydrogens is 252 g/mol. The molecule has 0 bridgehead atoms. The summed E-state index contributed by atoms with van der Waals surface area (Å²) in [5, 5.41) is 2.98. The van der Waals surface area contributed by atoms with Crippen LogP contribution in [0, 0.1) is 5.92 Å². The van der Waals surface area contributed by atoms with Gasteiger partial charge in [0.05, 0.1) is 6.54 Å². The van der Waals surface area contributed by atoms with Crippen LogP contribution in [0.4, 0.5) is 0 Å². The van der Waals surface area contributed by atoms with Crippen molar-refractivity contribution in [2.75, 3.05) is 45.8 Å². The Balaban J connectivity index is 2.26. The van der Waals surface area contributed by atoms with Crippen molar-refractivity contribution in [3.63, 3.8) is 0 Å². The largest absolute Gasteiger partial charge is 0.355 e. The number of hydrogen-bond acceptors (Lipinski definition) is 4. The average molecular weight is 284 g/mol. The van der Waals surface area contributed by atoms with E-state index in [1.807, 2.05) is 0 Å². The van der Waals surface area contributed by atoms with Crippen molar-refractivity contribution in [1.29, 1.82) is 0 Å². The molecule has 1 atom stereocenters. The van der Waals surface area contributed by atoms with Gasteiger partial charge in [0.25, 0.3) is 0 Å². The van der Waals surface area contributed by atoms with Crippen molar-refractivity contribution in [3.05, 3.63) is 0 Å². The molecular formula is C15H32N4O. The second kappa shape index (κ2) is 9.32. The number of hydrogen-bond donors (Lipinski definition) is 2. The van der Waals surface area contributed by atoms with Crippen LogP contribution in [0.1, 0.15) is 33.6 Å². The predicted octanol–water partition coefficient (Wildman–Crippen LogP) is 0.504. The third kappa shape index (κ3) is 6.20. The van der Waals surface area contributed by atoms with Crippen LogP contribution in [0.15, 0.2) is 0 Å². The molecule has 0 spiro atoms. The van der Waals surface area contributed by atoms with Crippen molar-refractivity contribution in [1.82, 2.24) is 15.1 Å². The van der Waals surface area contributed by atoms with Gasteiger partial charge in [-0.2, -0.15) is 0 Å². The molecule has 0 saturated carbocycles. The Morgan fingerprint density at radius 3 is 2.40 bits per heavy atom. The van der Waals surface area contributed by atoms with Crippen LogP contribution in [0.5, 0.6) is 0 Å². The van der Waals surface area contributed by atoms with E-state index in [1.165, 1.54) is 0 Å². The van der Waals surface area contributed by atoms with E-state index < -0.39 is 0 Å². The van der Waals surface area contributed by atoms with Crippen molar-refractivity contribution in [2.24, 2.45) is 11.7 Å². The molecule has 1 rings (SSSR count). The lowest BCUT2D eigenvalue weighted by Crippen LogP contribution is -2.52. The Bertz CT molecular complexity index is 275. The zero-order chi connectivity index (χ0) is 15.0. The SMILES string of the molecule is CCC(CCN)N1CCN(CC(=O)NCC(C)C)CC1. The first-order valence-electron chi connectivity index (χ1n) is 8.00. The van der Waals surface area contributed by atoms with Gasteiger partial charge in [-0.25, -0.2) is 0 Å². The smallest absolute Gasteiger partial charge is 0.234 e. The van der Waals surface area contributed by atoms with E-state index >= 15 is 0 Å². The summed E-state index contributed by atoms with van der Waals surface area (Å²) in [6.45, 7) is 12.6. The van der Waals surface area contributed by atoms with E-state index in [9.17, 15) is 4.79 Å². The second-order valence-electron chi connectivity index (χ2n) is 6.15. The standard InChI is InChI=1S/C15H32N4O/c1-4-14(5-6-16)19-9-7-18(8-10-19)12-15(20)17-11-13(2)3/h13-14H,4-12,16H2,1-3H3,(H,17,20). The predicted molar refractivity (Wildman–Crippen MR) is 83.6 cm³/mol. The molecule has 5 nitrogen and oxygen atoms in total. The normalized spacial score (nSPS) is 19.2. The molecule has 1 fully saturated rings. The lowest BCUT2D eigenvalue weighted by Gasteiger charge is -2.38. The Hall–Kier alpha value is -0.650. The van der Waals surface area contributed by atoms with Crippen LogP contribution < -0.4 is 11.1 Å². The van der Waals surface area contributed by atoms with E-state index in [0.717, 1.165) is 52.1 Å². The first kappa shape index (κ1) is 17.4. The maximum absolute atomic E-state index is 11.8. The Labute approximate surface area is 123 Å². The van der Waals surface area contributed by atoms with Gasteiger partial charge < -0.3 is 11.1 Å². The number of nitrogens with zero attached hydrogens (tertiary/aromatic N) is 2. The number of carbonyl (C=O) groups is 1. The van der Waals surface area contributed by atoms with Gasteiger partial charge >= 0.3 is 0 Å². The highest BCUT2D eigenvalue weighted by Crippen LogP contribution is 2.11. The first-order chi connectivity index (χ1) is 9.56. The van der Waals surface area contributed by atoms with Crippen LogP contribution in [-0.2, 0) is 4.79 Å². The number of carbonyl (C=O) groups excluding carboxylic acids is 1. The van der Waals surface area contributed by atoms with Crippen molar-refractivity contribution >= 4 is 5.91 Å². The Kier molecular flexibility index (Phi) is 8.11. The summed E-state index contributed by atoms with van der Waals surface area (Å²) in [4.78, 5) is 16.6. The maximum atomic E-state index is 11.8. The quantitative estimate of drug-likeness (QED) is 0.681. The third-order valence-corrected chi connectivity index (χ3v) is 3.97. The molecule has 1 saturated heterocycles. The lowest BCUT2D eigenvalue weighted by atomic mass is 10.1. The fraction of sp³-hybridized carbons (Fsp3) is 0.933. The summed E-state index contributed by atoms with van der Waals surface area (Å²) in [6, 6.07) is 0.608. The number of piperazine rings is 1. The van der Waals surface area contributed by atoms with Gasteiger partial charge in [-0.15, -0.1) is 0 Å². The molecule has 0 aromatic heterocycles. The van der Waals surface area contributed by atoms with E-state index in [1.54, 1.807) is 0 Å². The molecule has 0 radical (unpaired) electrons. The summed E-state index contributed by atoms with van der Waals surface area (Å²) >= 11 is 0. The van der Waals surface area contributed by atoms with E-state index in [0.29, 0.717) is 18.5 Å². The molecule has 118 valence electrons. The molecule has 1 amide bonds. The van der Waals surface area contributed by atoms with E-state index in [4.69, 9.17) is 5.73 Å². The van der Waals surface area contributed by atoms with Crippen LogP contribution in [0.25, 0.3) is 0 Å². The fourth-order valence-electron chi connectivity index (χ4n) is 2.70. The van der Waals surface area contributed by atoms with Gasteiger partial charge in [0, 0.05) is 38.8 Å². The van der Waals surface area contributed by atoms with Crippen molar-refractivity contribution < 1.29 is 4.79 Å². The Morgan fingerprint density at radius 2 is 1.90 bits per heavy atom. The number of rotatable bonds is 8. The maximum Gasteiger partial charge on any atom is 0.234 e. The molecule has 0 aliphatic carbocycles. The highest BCUT2D eigenvalue weighted by atomic mass is 16.2. The van der Waals surface area contributed by atoms with Gasteiger partial charge in [0.2, 0.25) is 5.91 Å². The molecule has 0 aromatic carbocycles. The van der Waals surface area contributed by atoms with E-state index in [2.05, 4.69) is 35.9 Å². The van der Waals surface area contributed by atoms with Crippen LogP contribution in [0.2, 0.25) is 0 Å². The summed E-state index contributed by atoms with van der Waals surface area (Å²) < 4.78 is 0. The molecule has 20 heavy (non-hydrogen) atoms. The van der Waals surface area contributed by atoms with Crippen molar-refractivity contribution in [3.8, 4) is 0 Å². The first-order valence-corrected chi connectivity index (χ1v) is 8.00. The van der Waals surface area contributed by atoms with Gasteiger partial charge in [-0.3, -0.25) is 14.6 Å². The average Bonchev–Trinajstić information content (AvgIpc) is 2.43. The molecule has 3 N–H and O–H groups in total. The second-order valence-corrected chi connectivity index (χ2v) is 6.15. The zero-order valence-electron chi connectivity index (χ0n) is 13.4. The summed E-state index contributed by atoms with van der Waals surface area (Å²) in [7, 11) is 0. The molecule has 5 heteroatoms. The van der Waals surface area contributed by atoms with E-state index in [-0.39, 0.29) is 5.91 Å². The summed E-state index contributed by atoms with van der Waals surface area (Å²) in [5.41, 5.74) is 5.67. The van der Waals surface area contributed by atoms with Gasteiger partial charge in [0.15, 0.2) is 0 Å². The van der Waals surface area contributed by atoms with Crippen LogP contribution in [0.3, 0.4) is 0 Å². The number of amides is 1. The highest BCUT2D eigenvalue weighted by Gasteiger charge is 2.23. The molecule has 1 heterocycles. The summed E-state index contributed by atoms with van der Waals surface area (Å²) in [6.07, 6.45) is 2.23. The van der Waals surface area contributed by atoms with Crippen LogP contribution in [-0.4, -0.2) is 67.6 Å². The minimum atomic E-state index is 0.154. The Morgan fingerprint density at radius 1 is 1.25 bits per heavy atom. The fourth-order valence-corrected chi connectivity index (χ4v) is 2.70. The van der Waals surface area contributed by atoms with Gasteiger partial charge in [-0.05, 0) is 25.3 Å². The van der Waals surface area contributed by atoms with Crippen molar-refractivity contribution in [2.45, 2.75) is 39.7 Å². The molecule has 1 unspecified atom stereocenters. The van der Waals surface area contributed by atoms with Gasteiger partial charge in [-0.1, -0.05) is 20.8 Å². The molecule has 0 aromatic rings. The summed E-state index contributed by atoms with van der Waals surface area (Å²) in [5.74, 6) is 0.665. The highest BCUT2D eigenvalue weighted by molar-refractivity contribution is 5.78. The minimum absolute atomic E-state index is 0.154. The molecule has 1 aliphatic heterocycles. The number of nitrogens with one attached hydrogen (secondary N) is 1. The minimum Gasteiger partial charge on any atom is -0.355 e. The third-order valence-electron chi connectivity index (χ3n) is 3.97. The number of nitrogens with two attached hydrogens (primary N) is 1. The zero-order valence-corrected chi connectivity index (χ0v) is 13.4. The lowest BCUT2D eigenvalue weighted by molar-refractivity contribution is -0.122.